The first-order valence-corrected chi connectivity index (χ1v) is 7.47. The SMILES string of the molecule is CC/C=C1/C(=O)N(c2ccccc2)N=C1c1ccccc1C. The van der Waals surface area contributed by atoms with Crippen molar-refractivity contribution < 1.29 is 4.79 Å². The number of para-hydroxylation sites is 1. The molecular formula is C19H18N2O. The van der Waals surface area contributed by atoms with Gasteiger partial charge in [0.25, 0.3) is 5.91 Å². The second kappa shape index (κ2) is 5.98. The number of carbonyl (C=O) groups is 1. The van der Waals surface area contributed by atoms with Gasteiger partial charge in [0.1, 0.15) is 5.71 Å². The monoisotopic (exact) mass is 290 g/mol. The van der Waals surface area contributed by atoms with Gasteiger partial charge in [0, 0.05) is 5.56 Å². The van der Waals surface area contributed by atoms with Crippen molar-refractivity contribution in [1.29, 1.82) is 0 Å². The lowest BCUT2D eigenvalue weighted by Crippen LogP contribution is -2.21. The molecule has 2 aromatic carbocycles. The van der Waals surface area contributed by atoms with E-state index in [4.69, 9.17) is 0 Å². The average Bonchev–Trinajstić information content (AvgIpc) is 2.86. The van der Waals surface area contributed by atoms with E-state index in [9.17, 15) is 4.79 Å². The number of amides is 1. The first kappa shape index (κ1) is 14.3. The summed E-state index contributed by atoms with van der Waals surface area (Å²) in [5.74, 6) is -0.0636. The van der Waals surface area contributed by atoms with Gasteiger partial charge in [-0.3, -0.25) is 4.79 Å². The van der Waals surface area contributed by atoms with E-state index < -0.39 is 0 Å². The zero-order valence-electron chi connectivity index (χ0n) is 12.8. The summed E-state index contributed by atoms with van der Waals surface area (Å²) in [4.78, 5) is 12.7. The van der Waals surface area contributed by atoms with Crippen LogP contribution in [0.5, 0.6) is 0 Å². The Kier molecular flexibility index (Phi) is 3.88. The molecule has 2 aromatic rings. The van der Waals surface area contributed by atoms with E-state index in [1.165, 1.54) is 5.01 Å². The normalized spacial score (nSPS) is 16.3. The fourth-order valence-electron chi connectivity index (χ4n) is 2.58. The highest BCUT2D eigenvalue weighted by Gasteiger charge is 2.31. The standard InChI is InChI=1S/C19H18N2O/c1-3-9-17-18(16-13-8-7-10-14(16)2)20-21(19(17)22)15-11-5-4-6-12-15/h4-13H,3H2,1-2H3/b17-9+. The predicted octanol–water partition coefficient (Wildman–Crippen LogP) is 4.08. The van der Waals surface area contributed by atoms with Crippen molar-refractivity contribution >= 4 is 17.3 Å². The molecule has 3 rings (SSSR count). The second-order valence-corrected chi connectivity index (χ2v) is 5.24. The van der Waals surface area contributed by atoms with Gasteiger partial charge in [0.2, 0.25) is 0 Å². The minimum absolute atomic E-state index is 0.0636. The highest BCUT2D eigenvalue weighted by molar-refractivity contribution is 6.35. The fraction of sp³-hybridized carbons (Fsp3) is 0.158. The van der Waals surface area contributed by atoms with Crippen LogP contribution in [0.4, 0.5) is 5.69 Å². The maximum absolute atomic E-state index is 12.7. The van der Waals surface area contributed by atoms with Crippen LogP contribution >= 0.6 is 0 Å². The summed E-state index contributed by atoms with van der Waals surface area (Å²) < 4.78 is 0. The molecule has 0 atom stereocenters. The van der Waals surface area contributed by atoms with Gasteiger partial charge in [-0.25, -0.2) is 0 Å². The molecule has 3 nitrogen and oxygen atoms in total. The van der Waals surface area contributed by atoms with Gasteiger partial charge in [-0.15, -0.1) is 0 Å². The Morgan fingerprint density at radius 3 is 2.41 bits per heavy atom. The Bertz CT molecular complexity index is 760. The van der Waals surface area contributed by atoms with Crippen LogP contribution < -0.4 is 5.01 Å². The number of benzene rings is 2. The van der Waals surface area contributed by atoms with Crippen LogP contribution in [0.25, 0.3) is 0 Å². The highest BCUT2D eigenvalue weighted by atomic mass is 16.2. The van der Waals surface area contributed by atoms with Crippen LogP contribution in [-0.4, -0.2) is 11.6 Å². The van der Waals surface area contributed by atoms with E-state index in [2.05, 4.69) is 5.10 Å². The number of hydrazone groups is 1. The van der Waals surface area contributed by atoms with E-state index in [0.29, 0.717) is 5.57 Å². The molecule has 110 valence electrons. The largest absolute Gasteiger partial charge is 0.280 e. The zero-order valence-corrected chi connectivity index (χ0v) is 12.8. The number of aryl methyl sites for hydroxylation is 1. The van der Waals surface area contributed by atoms with Gasteiger partial charge in [-0.05, 0) is 31.0 Å². The molecule has 0 N–H and O–H groups in total. The van der Waals surface area contributed by atoms with Gasteiger partial charge in [-0.2, -0.15) is 10.1 Å². The van der Waals surface area contributed by atoms with Crippen LogP contribution in [0.1, 0.15) is 24.5 Å². The summed E-state index contributed by atoms with van der Waals surface area (Å²) in [6, 6.07) is 17.6. The average molecular weight is 290 g/mol. The van der Waals surface area contributed by atoms with Crippen LogP contribution in [-0.2, 0) is 4.79 Å². The summed E-state index contributed by atoms with van der Waals surface area (Å²) in [5.41, 5.74) is 4.35. The molecule has 1 heterocycles. The van der Waals surface area contributed by atoms with E-state index in [1.54, 1.807) is 0 Å². The number of carbonyl (C=O) groups excluding carboxylic acids is 1. The summed E-state index contributed by atoms with van der Waals surface area (Å²) in [6.45, 7) is 4.07. The molecule has 0 fully saturated rings. The molecule has 1 amide bonds. The number of allylic oxidation sites excluding steroid dienone is 1. The Morgan fingerprint density at radius 1 is 1.05 bits per heavy atom. The van der Waals surface area contributed by atoms with Crippen molar-refractivity contribution in [2.45, 2.75) is 20.3 Å². The maximum atomic E-state index is 12.7. The number of hydrogen-bond donors (Lipinski definition) is 0. The summed E-state index contributed by atoms with van der Waals surface area (Å²) >= 11 is 0. The van der Waals surface area contributed by atoms with E-state index in [1.807, 2.05) is 74.5 Å². The fourth-order valence-corrected chi connectivity index (χ4v) is 2.58. The van der Waals surface area contributed by atoms with Crippen molar-refractivity contribution in [3.8, 4) is 0 Å². The van der Waals surface area contributed by atoms with Crippen molar-refractivity contribution in [2.24, 2.45) is 5.10 Å². The lowest BCUT2D eigenvalue weighted by atomic mass is 9.98. The molecule has 0 saturated heterocycles. The van der Waals surface area contributed by atoms with Crippen molar-refractivity contribution in [3.05, 3.63) is 77.4 Å². The van der Waals surface area contributed by atoms with E-state index >= 15 is 0 Å². The highest BCUT2D eigenvalue weighted by Crippen LogP contribution is 2.27. The quantitative estimate of drug-likeness (QED) is 0.784. The van der Waals surface area contributed by atoms with Crippen LogP contribution in [0.15, 0.2) is 71.3 Å². The van der Waals surface area contributed by atoms with Crippen LogP contribution in [0.3, 0.4) is 0 Å². The molecule has 1 aliphatic rings. The van der Waals surface area contributed by atoms with Gasteiger partial charge >= 0.3 is 0 Å². The Balaban J connectivity index is 2.12. The van der Waals surface area contributed by atoms with Crippen LogP contribution in [0, 0.1) is 6.92 Å². The first-order valence-electron chi connectivity index (χ1n) is 7.47. The van der Waals surface area contributed by atoms with Crippen molar-refractivity contribution in [1.82, 2.24) is 0 Å². The second-order valence-electron chi connectivity index (χ2n) is 5.24. The number of anilines is 1. The molecule has 0 aliphatic carbocycles. The lowest BCUT2D eigenvalue weighted by Gasteiger charge is -2.10. The topological polar surface area (TPSA) is 32.7 Å². The Labute approximate surface area is 130 Å². The Morgan fingerprint density at radius 2 is 1.73 bits per heavy atom. The van der Waals surface area contributed by atoms with Crippen molar-refractivity contribution in [3.63, 3.8) is 0 Å². The summed E-state index contributed by atoms with van der Waals surface area (Å²) in [7, 11) is 0. The molecule has 0 bridgehead atoms. The number of nitrogens with zero attached hydrogens (tertiary/aromatic N) is 2. The Hall–Kier alpha value is -2.68. The van der Waals surface area contributed by atoms with Crippen LogP contribution in [0.2, 0.25) is 0 Å². The van der Waals surface area contributed by atoms with E-state index in [0.717, 1.165) is 28.9 Å². The smallest absolute Gasteiger partial charge is 0.267 e. The molecule has 0 aromatic heterocycles. The minimum atomic E-state index is -0.0636. The third-order valence-electron chi connectivity index (χ3n) is 3.69. The maximum Gasteiger partial charge on any atom is 0.280 e. The van der Waals surface area contributed by atoms with Gasteiger partial charge in [0.05, 0.1) is 11.3 Å². The zero-order chi connectivity index (χ0) is 15.5. The molecule has 3 heteroatoms. The molecule has 22 heavy (non-hydrogen) atoms. The molecule has 1 aliphatic heterocycles. The first-order chi connectivity index (χ1) is 10.7. The minimum Gasteiger partial charge on any atom is -0.267 e. The third-order valence-corrected chi connectivity index (χ3v) is 3.69. The van der Waals surface area contributed by atoms with Crippen molar-refractivity contribution in [2.75, 3.05) is 5.01 Å². The van der Waals surface area contributed by atoms with Gasteiger partial charge < -0.3 is 0 Å². The van der Waals surface area contributed by atoms with Gasteiger partial charge in [-0.1, -0.05) is 55.5 Å². The number of rotatable bonds is 3. The molecular weight excluding hydrogens is 272 g/mol. The lowest BCUT2D eigenvalue weighted by molar-refractivity contribution is -0.114. The number of hydrogen-bond acceptors (Lipinski definition) is 2. The molecule has 0 radical (unpaired) electrons. The molecule has 0 saturated carbocycles. The summed E-state index contributed by atoms with van der Waals surface area (Å²) in [5, 5.41) is 6.09. The molecule has 0 unspecified atom stereocenters. The molecule has 0 spiro atoms. The van der Waals surface area contributed by atoms with Gasteiger partial charge in [0.15, 0.2) is 0 Å². The summed E-state index contributed by atoms with van der Waals surface area (Å²) in [6.07, 6.45) is 2.76. The third kappa shape index (κ3) is 2.46. The van der Waals surface area contributed by atoms with E-state index in [-0.39, 0.29) is 5.91 Å². The predicted molar refractivity (Wildman–Crippen MR) is 90.0 cm³/mol.